The van der Waals surface area contributed by atoms with Crippen LogP contribution in [0.4, 0.5) is 23.7 Å². The lowest BCUT2D eigenvalue weighted by molar-refractivity contribution is -0.142. The summed E-state index contributed by atoms with van der Waals surface area (Å²) in [6.07, 6.45) is -3.92. The Morgan fingerprint density at radius 3 is 2.56 bits per heavy atom. The van der Waals surface area contributed by atoms with E-state index < -0.39 is 23.9 Å². The molecular weight excluding hydrogens is 451 g/mol. The van der Waals surface area contributed by atoms with E-state index in [2.05, 4.69) is 29.0 Å². The number of pyridine rings is 1. The molecular formula is C24H28F3N3O4. The zero-order valence-corrected chi connectivity index (χ0v) is 19.3. The fourth-order valence-corrected chi connectivity index (χ4v) is 3.95. The number of hydrogen-bond donors (Lipinski definition) is 1. The number of halogens is 3. The Hall–Kier alpha value is -3.30. The average Bonchev–Trinajstić information content (AvgIpc) is 2.80. The first-order valence-electron chi connectivity index (χ1n) is 11.2. The third-order valence-corrected chi connectivity index (χ3v) is 5.95. The highest BCUT2D eigenvalue weighted by Crippen LogP contribution is 2.40. The first-order chi connectivity index (χ1) is 16.1. The summed E-state index contributed by atoms with van der Waals surface area (Å²) in [7, 11) is 0. The van der Waals surface area contributed by atoms with Crippen LogP contribution in [0.1, 0.15) is 49.9 Å². The van der Waals surface area contributed by atoms with E-state index in [0.717, 1.165) is 36.6 Å². The van der Waals surface area contributed by atoms with E-state index in [4.69, 9.17) is 9.47 Å². The van der Waals surface area contributed by atoms with Gasteiger partial charge >= 0.3 is 18.2 Å². The molecule has 10 heteroatoms. The lowest BCUT2D eigenvalue weighted by Crippen LogP contribution is -2.32. The second-order valence-electron chi connectivity index (χ2n) is 8.04. The minimum absolute atomic E-state index is 0.00589. The highest BCUT2D eigenvalue weighted by molar-refractivity contribution is 5.80. The fraction of sp³-hybridized carbons (Fsp3) is 0.458. The van der Waals surface area contributed by atoms with E-state index in [1.54, 1.807) is 0 Å². The normalized spacial score (nSPS) is 17.5. The van der Waals surface area contributed by atoms with Crippen LogP contribution in [0.2, 0.25) is 0 Å². The number of carbonyl (C=O) groups excluding carboxylic acids is 2. The maximum atomic E-state index is 12.6. The van der Waals surface area contributed by atoms with Gasteiger partial charge in [-0.15, -0.1) is 0 Å². The zero-order valence-electron chi connectivity index (χ0n) is 19.3. The van der Waals surface area contributed by atoms with E-state index in [0.29, 0.717) is 11.3 Å². The molecule has 0 radical (unpaired) electrons. The number of nitrogens with one attached hydrogen (secondary N) is 1. The zero-order chi connectivity index (χ0) is 24.9. The van der Waals surface area contributed by atoms with Crippen molar-refractivity contribution in [2.75, 3.05) is 24.6 Å². The Labute approximate surface area is 196 Å². The summed E-state index contributed by atoms with van der Waals surface area (Å²) in [5.74, 6) is -0.371. The number of nitrogens with zero attached hydrogens (tertiary/aromatic N) is 2. The number of carbonyl (C=O) groups is 2. The van der Waals surface area contributed by atoms with Gasteiger partial charge in [-0.05, 0) is 49.4 Å². The highest BCUT2D eigenvalue weighted by Gasteiger charge is 2.35. The number of esters is 1. The number of amides is 1. The summed E-state index contributed by atoms with van der Waals surface area (Å²) in [6, 6.07) is 7.95. The molecule has 2 heterocycles. The lowest BCUT2D eigenvalue weighted by atomic mass is 9.83. The van der Waals surface area contributed by atoms with Crippen LogP contribution in [-0.2, 0) is 22.3 Å². The Kier molecular flexibility index (Phi) is 8.01. The maximum Gasteiger partial charge on any atom is 0.433 e. The summed E-state index contributed by atoms with van der Waals surface area (Å²) in [6.45, 7) is 7.71. The van der Waals surface area contributed by atoms with Gasteiger partial charge in [0, 0.05) is 37.6 Å². The summed E-state index contributed by atoms with van der Waals surface area (Å²) in [5.41, 5.74) is 1.32. The van der Waals surface area contributed by atoms with Crippen molar-refractivity contribution in [2.24, 2.45) is 5.92 Å². The standard InChI is InChI=1S/C24H28F3N3O4/c1-4-30(5-2)17-7-8-18-15(3)19(22(31)34-20(18)12-17)10-11-33-23(32)29-14-16-6-9-21(28-13-16)24(25,26)27/h6-9,12-13,15,19H,4-5,10-11,14H2,1-3H3,(H,29,32). The molecule has 0 fully saturated rings. The first kappa shape index (κ1) is 25.3. The molecule has 1 aromatic carbocycles. The van der Waals surface area contributed by atoms with Gasteiger partial charge in [0.05, 0.1) is 12.5 Å². The number of rotatable bonds is 8. The second-order valence-corrected chi connectivity index (χ2v) is 8.04. The third-order valence-electron chi connectivity index (χ3n) is 5.95. The van der Waals surface area contributed by atoms with Gasteiger partial charge < -0.3 is 19.7 Å². The van der Waals surface area contributed by atoms with E-state index in [1.807, 2.05) is 25.1 Å². The van der Waals surface area contributed by atoms with Crippen LogP contribution in [0.5, 0.6) is 5.75 Å². The molecule has 2 atom stereocenters. The highest BCUT2D eigenvalue weighted by atomic mass is 19.4. The molecule has 1 aliphatic rings. The molecule has 1 amide bonds. The minimum Gasteiger partial charge on any atom is -0.450 e. The molecule has 0 saturated heterocycles. The van der Waals surface area contributed by atoms with Gasteiger partial charge in [0.15, 0.2) is 0 Å². The van der Waals surface area contributed by atoms with E-state index in [1.165, 1.54) is 6.07 Å². The maximum absolute atomic E-state index is 12.6. The van der Waals surface area contributed by atoms with Crippen molar-refractivity contribution in [3.05, 3.63) is 53.3 Å². The smallest absolute Gasteiger partial charge is 0.433 e. The quantitative estimate of drug-likeness (QED) is 0.429. The molecule has 0 saturated carbocycles. The van der Waals surface area contributed by atoms with Crippen molar-refractivity contribution in [2.45, 2.75) is 45.8 Å². The van der Waals surface area contributed by atoms with Crippen LogP contribution in [0.3, 0.4) is 0 Å². The number of ether oxygens (including phenoxy) is 2. The molecule has 34 heavy (non-hydrogen) atoms. The largest absolute Gasteiger partial charge is 0.450 e. The Balaban J connectivity index is 1.50. The van der Waals surface area contributed by atoms with E-state index >= 15 is 0 Å². The summed E-state index contributed by atoms with van der Waals surface area (Å²) in [4.78, 5) is 30.0. The molecule has 1 aromatic heterocycles. The van der Waals surface area contributed by atoms with Crippen LogP contribution in [0, 0.1) is 5.92 Å². The SMILES string of the molecule is CCN(CC)c1ccc2c(c1)OC(=O)C(CCOC(=O)NCc1ccc(C(F)(F)F)nc1)C2C. The number of alkyl carbamates (subject to hydrolysis) is 1. The average molecular weight is 479 g/mol. The molecule has 1 N–H and O–H groups in total. The summed E-state index contributed by atoms with van der Waals surface area (Å²) in [5, 5.41) is 2.46. The van der Waals surface area contributed by atoms with Gasteiger partial charge in [0.2, 0.25) is 0 Å². The number of fused-ring (bicyclic) bond motifs is 1. The summed E-state index contributed by atoms with van der Waals surface area (Å²) >= 11 is 0. The first-order valence-corrected chi connectivity index (χ1v) is 11.2. The molecule has 7 nitrogen and oxygen atoms in total. The van der Waals surface area contributed by atoms with Crippen molar-refractivity contribution in [1.82, 2.24) is 10.3 Å². The van der Waals surface area contributed by atoms with Crippen molar-refractivity contribution >= 4 is 17.7 Å². The van der Waals surface area contributed by atoms with Gasteiger partial charge in [0.25, 0.3) is 0 Å². The minimum atomic E-state index is -4.52. The molecule has 2 aromatic rings. The second kappa shape index (κ2) is 10.8. The third kappa shape index (κ3) is 5.98. The molecule has 1 aliphatic heterocycles. The number of anilines is 1. The van der Waals surface area contributed by atoms with Crippen LogP contribution in [0.15, 0.2) is 36.5 Å². The molecule has 184 valence electrons. The molecule has 2 unspecified atom stereocenters. The molecule has 3 rings (SSSR count). The number of aromatic nitrogens is 1. The Morgan fingerprint density at radius 1 is 1.21 bits per heavy atom. The van der Waals surface area contributed by atoms with Crippen molar-refractivity contribution in [1.29, 1.82) is 0 Å². The Morgan fingerprint density at radius 2 is 1.94 bits per heavy atom. The molecule has 0 bridgehead atoms. The lowest BCUT2D eigenvalue weighted by Gasteiger charge is -2.31. The van der Waals surface area contributed by atoms with Crippen LogP contribution >= 0.6 is 0 Å². The summed E-state index contributed by atoms with van der Waals surface area (Å²) < 4.78 is 48.4. The number of benzene rings is 1. The topological polar surface area (TPSA) is 80.8 Å². The van der Waals surface area contributed by atoms with E-state index in [-0.39, 0.29) is 31.5 Å². The fourth-order valence-electron chi connectivity index (χ4n) is 3.95. The van der Waals surface area contributed by atoms with Crippen LogP contribution in [-0.4, -0.2) is 36.7 Å². The van der Waals surface area contributed by atoms with Gasteiger partial charge in [-0.1, -0.05) is 19.1 Å². The predicted octanol–water partition coefficient (Wildman–Crippen LogP) is 4.90. The monoisotopic (exact) mass is 479 g/mol. The van der Waals surface area contributed by atoms with E-state index in [9.17, 15) is 22.8 Å². The van der Waals surface area contributed by atoms with Gasteiger partial charge in [-0.25, -0.2) is 4.79 Å². The number of hydrogen-bond acceptors (Lipinski definition) is 6. The van der Waals surface area contributed by atoms with Crippen molar-refractivity contribution in [3.8, 4) is 5.75 Å². The predicted molar refractivity (Wildman–Crippen MR) is 120 cm³/mol. The molecule has 0 aliphatic carbocycles. The van der Waals surface area contributed by atoms with Gasteiger partial charge in [-0.3, -0.25) is 9.78 Å². The van der Waals surface area contributed by atoms with Crippen molar-refractivity contribution < 1.29 is 32.2 Å². The van der Waals surface area contributed by atoms with Crippen LogP contribution in [0.25, 0.3) is 0 Å². The molecule has 0 spiro atoms. The van der Waals surface area contributed by atoms with Gasteiger partial charge in [0.1, 0.15) is 11.4 Å². The van der Waals surface area contributed by atoms with Gasteiger partial charge in [-0.2, -0.15) is 13.2 Å². The number of alkyl halides is 3. The Bertz CT molecular complexity index is 1010. The van der Waals surface area contributed by atoms with Crippen molar-refractivity contribution in [3.63, 3.8) is 0 Å². The van der Waals surface area contributed by atoms with Crippen LogP contribution < -0.4 is 15.0 Å².